The van der Waals surface area contributed by atoms with Crippen LogP contribution in [0.25, 0.3) is 0 Å². The Bertz CT molecular complexity index is 555. The summed E-state index contributed by atoms with van der Waals surface area (Å²) in [5.41, 5.74) is 0.919. The molecule has 0 aromatic heterocycles. The summed E-state index contributed by atoms with van der Waals surface area (Å²) in [5, 5.41) is 11.5. The Morgan fingerprint density at radius 1 is 1.17 bits per heavy atom. The van der Waals surface area contributed by atoms with Crippen LogP contribution in [0.3, 0.4) is 0 Å². The van der Waals surface area contributed by atoms with Gasteiger partial charge in [0.05, 0.1) is 12.1 Å². The number of amides is 1. The topological polar surface area (TPSA) is 49.3 Å². The van der Waals surface area contributed by atoms with E-state index >= 15 is 0 Å². The monoisotopic (exact) mass is 245 g/mol. The summed E-state index contributed by atoms with van der Waals surface area (Å²) >= 11 is 0. The van der Waals surface area contributed by atoms with E-state index in [0.717, 1.165) is 11.6 Å². The van der Waals surface area contributed by atoms with E-state index in [-0.39, 0.29) is 23.8 Å². The van der Waals surface area contributed by atoms with Crippen molar-refractivity contribution in [3.05, 3.63) is 59.9 Å². The molecule has 1 amide bonds. The van der Waals surface area contributed by atoms with Gasteiger partial charge in [-0.25, -0.2) is 4.39 Å². The first-order valence-corrected chi connectivity index (χ1v) is 5.47. The van der Waals surface area contributed by atoms with Crippen LogP contribution in [-0.4, -0.2) is 11.0 Å². The molecule has 2 aromatic carbocycles. The maximum atomic E-state index is 13.4. The molecule has 0 aliphatic rings. The molecule has 0 heterocycles. The van der Waals surface area contributed by atoms with Gasteiger partial charge >= 0.3 is 0 Å². The molecular formula is C14H12FNO2. The van der Waals surface area contributed by atoms with Crippen molar-refractivity contribution in [3.8, 4) is 5.75 Å². The molecule has 0 radical (unpaired) electrons. The molecular weight excluding hydrogens is 233 g/mol. The lowest BCUT2D eigenvalue weighted by atomic mass is 10.1. The maximum Gasteiger partial charge on any atom is 0.228 e. The molecule has 0 bridgehead atoms. The summed E-state index contributed by atoms with van der Waals surface area (Å²) in [4.78, 5) is 11.7. The minimum atomic E-state index is -0.656. The molecule has 0 saturated heterocycles. The molecule has 2 aromatic rings. The second-order valence-corrected chi connectivity index (χ2v) is 3.87. The molecule has 3 nitrogen and oxygen atoms in total. The first-order chi connectivity index (χ1) is 8.65. The molecule has 0 saturated carbocycles. The van der Waals surface area contributed by atoms with Crippen LogP contribution in [0, 0.1) is 5.82 Å². The zero-order valence-electron chi connectivity index (χ0n) is 9.56. The third-order valence-electron chi connectivity index (χ3n) is 2.43. The molecule has 0 unspecified atom stereocenters. The minimum absolute atomic E-state index is 0.0636. The summed E-state index contributed by atoms with van der Waals surface area (Å²) < 4.78 is 13.4. The van der Waals surface area contributed by atoms with E-state index < -0.39 is 5.82 Å². The van der Waals surface area contributed by atoms with E-state index in [4.69, 9.17) is 5.11 Å². The smallest absolute Gasteiger partial charge is 0.228 e. The van der Waals surface area contributed by atoms with Gasteiger partial charge in [-0.1, -0.05) is 30.3 Å². The largest absolute Gasteiger partial charge is 0.508 e. The zero-order chi connectivity index (χ0) is 13.0. The second kappa shape index (κ2) is 5.31. The highest BCUT2D eigenvalue weighted by atomic mass is 19.1. The lowest BCUT2D eigenvalue weighted by Crippen LogP contribution is -2.15. The normalized spacial score (nSPS) is 10.1. The van der Waals surface area contributed by atoms with Crippen LogP contribution in [-0.2, 0) is 11.2 Å². The number of halogens is 1. The quantitative estimate of drug-likeness (QED) is 0.817. The molecule has 0 spiro atoms. The lowest BCUT2D eigenvalue weighted by molar-refractivity contribution is -0.115. The van der Waals surface area contributed by atoms with E-state index in [1.165, 1.54) is 12.1 Å². The maximum absolute atomic E-state index is 13.4. The first kappa shape index (κ1) is 12.1. The molecule has 4 heteroatoms. The van der Waals surface area contributed by atoms with Gasteiger partial charge < -0.3 is 10.4 Å². The average molecular weight is 245 g/mol. The van der Waals surface area contributed by atoms with Crippen LogP contribution in [0.15, 0.2) is 48.5 Å². The average Bonchev–Trinajstić information content (AvgIpc) is 2.34. The van der Waals surface area contributed by atoms with Gasteiger partial charge in [0, 0.05) is 6.07 Å². The number of phenolic OH excluding ortho intramolecular Hbond substituents is 1. The molecule has 92 valence electrons. The first-order valence-electron chi connectivity index (χ1n) is 5.47. The number of phenols is 1. The highest BCUT2D eigenvalue weighted by Crippen LogP contribution is 2.19. The Balaban J connectivity index is 2.03. The van der Waals surface area contributed by atoms with Gasteiger partial charge in [0.15, 0.2) is 0 Å². The predicted octanol–water partition coefficient (Wildman–Crippen LogP) is 2.71. The van der Waals surface area contributed by atoms with Gasteiger partial charge in [0.1, 0.15) is 11.6 Å². The van der Waals surface area contributed by atoms with Crippen LogP contribution in [0.1, 0.15) is 5.56 Å². The molecule has 0 atom stereocenters. The summed E-state index contributed by atoms with van der Waals surface area (Å²) in [6.07, 6.45) is 0.182. The van der Waals surface area contributed by atoms with Crippen molar-refractivity contribution in [1.29, 1.82) is 0 Å². The van der Waals surface area contributed by atoms with Gasteiger partial charge in [-0.2, -0.15) is 0 Å². The van der Waals surface area contributed by atoms with E-state index in [9.17, 15) is 9.18 Å². The number of rotatable bonds is 3. The van der Waals surface area contributed by atoms with Gasteiger partial charge in [0.2, 0.25) is 5.91 Å². The summed E-state index contributed by atoms with van der Waals surface area (Å²) in [5.74, 6) is -1.13. The Kier molecular flexibility index (Phi) is 3.57. The number of benzene rings is 2. The van der Waals surface area contributed by atoms with Crippen LogP contribution >= 0.6 is 0 Å². The van der Waals surface area contributed by atoms with Crippen molar-refractivity contribution in [2.24, 2.45) is 0 Å². The molecule has 0 aliphatic heterocycles. The standard InChI is InChI=1S/C14H12FNO2/c15-12-9-11(17)6-7-13(12)16-14(18)8-10-4-2-1-3-5-10/h1-7,9,17H,8H2,(H,16,18). The third-order valence-corrected chi connectivity index (χ3v) is 2.43. The Morgan fingerprint density at radius 3 is 2.56 bits per heavy atom. The third kappa shape index (κ3) is 3.07. The van der Waals surface area contributed by atoms with Crippen molar-refractivity contribution in [2.45, 2.75) is 6.42 Å². The van der Waals surface area contributed by atoms with Crippen molar-refractivity contribution in [3.63, 3.8) is 0 Å². The fraction of sp³-hybridized carbons (Fsp3) is 0.0714. The van der Waals surface area contributed by atoms with Crippen LogP contribution in [0.4, 0.5) is 10.1 Å². The van der Waals surface area contributed by atoms with Crippen molar-refractivity contribution in [2.75, 3.05) is 5.32 Å². The molecule has 2 rings (SSSR count). The highest BCUT2D eigenvalue weighted by Gasteiger charge is 2.08. The SMILES string of the molecule is O=C(Cc1ccccc1)Nc1ccc(O)cc1F. The number of aromatic hydroxyl groups is 1. The number of anilines is 1. The number of hydrogen-bond donors (Lipinski definition) is 2. The zero-order valence-corrected chi connectivity index (χ0v) is 9.56. The van der Waals surface area contributed by atoms with Crippen LogP contribution in [0.2, 0.25) is 0 Å². The highest BCUT2D eigenvalue weighted by molar-refractivity contribution is 5.92. The fourth-order valence-electron chi connectivity index (χ4n) is 1.58. The number of hydrogen-bond acceptors (Lipinski definition) is 2. The van der Waals surface area contributed by atoms with E-state index in [1.807, 2.05) is 30.3 Å². The molecule has 0 aliphatic carbocycles. The molecule has 2 N–H and O–H groups in total. The second-order valence-electron chi connectivity index (χ2n) is 3.87. The Hall–Kier alpha value is -2.36. The fourth-order valence-corrected chi connectivity index (χ4v) is 1.58. The molecule has 18 heavy (non-hydrogen) atoms. The Labute approximate surface area is 104 Å². The van der Waals surface area contributed by atoms with Crippen molar-refractivity contribution >= 4 is 11.6 Å². The summed E-state index contributed by atoms with van der Waals surface area (Å²) in [6, 6.07) is 12.8. The number of carbonyl (C=O) groups is 1. The molecule has 0 fully saturated rings. The van der Waals surface area contributed by atoms with E-state index in [0.29, 0.717) is 0 Å². The Morgan fingerprint density at radius 2 is 1.89 bits per heavy atom. The van der Waals surface area contributed by atoms with Crippen LogP contribution < -0.4 is 5.32 Å². The van der Waals surface area contributed by atoms with Crippen molar-refractivity contribution in [1.82, 2.24) is 0 Å². The van der Waals surface area contributed by atoms with E-state index in [2.05, 4.69) is 5.32 Å². The van der Waals surface area contributed by atoms with Gasteiger partial charge in [-0.3, -0.25) is 4.79 Å². The van der Waals surface area contributed by atoms with Crippen molar-refractivity contribution < 1.29 is 14.3 Å². The van der Waals surface area contributed by atoms with E-state index in [1.54, 1.807) is 0 Å². The van der Waals surface area contributed by atoms with Crippen LogP contribution in [0.5, 0.6) is 5.75 Å². The summed E-state index contributed by atoms with van der Waals surface area (Å²) in [6.45, 7) is 0. The van der Waals surface area contributed by atoms with Gasteiger partial charge in [-0.05, 0) is 17.7 Å². The number of nitrogens with one attached hydrogen (secondary N) is 1. The predicted molar refractivity (Wildman–Crippen MR) is 66.8 cm³/mol. The summed E-state index contributed by atoms with van der Waals surface area (Å²) in [7, 11) is 0. The lowest BCUT2D eigenvalue weighted by Gasteiger charge is -2.06. The van der Waals surface area contributed by atoms with Gasteiger partial charge in [-0.15, -0.1) is 0 Å². The minimum Gasteiger partial charge on any atom is -0.508 e. The number of carbonyl (C=O) groups excluding carboxylic acids is 1. The van der Waals surface area contributed by atoms with Gasteiger partial charge in [0.25, 0.3) is 0 Å².